The molecular weight excluding hydrogens is 270 g/mol. The van der Waals surface area contributed by atoms with Gasteiger partial charge in [-0.2, -0.15) is 0 Å². The molecule has 2 heterocycles. The first-order chi connectivity index (χ1) is 9.00. The highest BCUT2D eigenvalue weighted by Gasteiger charge is 2.30. The lowest BCUT2D eigenvalue weighted by Crippen LogP contribution is -2.56. The minimum Gasteiger partial charge on any atom is -0.478 e. The van der Waals surface area contributed by atoms with Gasteiger partial charge in [0, 0.05) is 13.1 Å². The van der Waals surface area contributed by atoms with E-state index in [1.165, 1.54) is 11.0 Å². The van der Waals surface area contributed by atoms with Gasteiger partial charge in [-0.1, -0.05) is 0 Å². The summed E-state index contributed by atoms with van der Waals surface area (Å²) in [7, 11) is 0. The molecule has 1 fully saturated rings. The molecule has 1 atom stereocenters. The molecule has 3 amide bonds. The molecule has 2 rings (SSSR count). The van der Waals surface area contributed by atoms with Crippen molar-refractivity contribution in [2.45, 2.75) is 13.0 Å². The average Bonchev–Trinajstić information content (AvgIpc) is 2.80. The largest absolute Gasteiger partial charge is 0.478 e. The van der Waals surface area contributed by atoms with Crippen molar-refractivity contribution in [2.75, 3.05) is 18.4 Å². The Hall–Kier alpha value is -2.09. The molecule has 1 aliphatic heterocycles. The number of urea groups is 1. The Morgan fingerprint density at radius 2 is 2.32 bits per heavy atom. The van der Waals surface area contributed by atoms with Crippen molar-refractivity contribution in [2.24, 2.45) is 0 Å². The Kier molecular flexibility index (Phi) is 3.70. The van der Waals surface area contributed by atoms with E-state index in [2.05, 4.69) is 10.6 Å². The third kappa shape index (κ3) is 2.68. The fourth-order valence-electron chi connectivity index (χ4n) is 1.80. The van der Waals surface area contributed by atoms with E-state index in [1.807, 2.05) is 0 Å². The minimum atomic E-state index is -1.10. The van der Waals surface area contributed by atoms with Crippen molar-refractivity contribution in [1.29, 1.82) is 0 Å². The number of anilines is 1. The van der Waals surface area contributed by atoms with Gasteiger partial charge in [0.25, 0.3) is 0 Å². The van der Waals surface area contributed by atoms with E-state index < -0.39 is 18.0 Å². The summed E-state index contributed by atoms with van der Waals surface area (Å²) in [6.07, 6.45) is 0. The molecule has 8 heteroatoms. The van der Waals surface area contributed by atoms with Gasteiger partial charge in [-0.3, -0.25) is 10.1 Å². The first-order valence-corrected chi connectivity index (χ1v) is 6.55. The molecular formula is C11H13N3O4S. The van der Waals surface area contributed by atoms with Crippen molar-refractivity contribution in [1.82, 2.24) is 10.2 Å². The van der Waals surface area contributed by atoms with Gasteiger partial charge in [-0.25, -0.2) is 9.59 Å². The van der Waals surface area contributed by atoms with Crippen LogP contribution in [-0.2, 0) is 4.79 Å². The summed E-state index contributed by atoms with van der Waals surface area (Å²) in [6.45, 7) is 2.42. The zero-order valence-corrected chi connectivity index (χ0v) is 11.0. The topological polar surface area (TPSA) is 98.7 Å². The van der Waals surface area contributed by atoms with Crippen LogP contribution < -0.4 is 10.6 Å². The van der Waals surface area contributed by atoms with Crippen molar-refractivity contribution in [3.05, 3.63) is 17.0 Å². The number of carbonyl (C=O) groups is 3. The molecule has 1 aromatic heterocycles. The number of rotatable bonds is 2. The van der Waals surface area contributed by atoms with Crippen LogP contribution in [0.5, 0.6) is 0 Å². The maximum Gasteiger partial charge on any atom is 0.338 e. The lowest BCUT2D eigenvalue weighted by atomic mass is 10.2. The number of carbonyl (C=O) groups excluding carboxylic acids is 2. The molecule has 7 nitrogen and oxygen atoms in total. The van der Waals surface area contributed by atoms with Gasteiger partial charge < -0.3 is 15.3 Å². The van der Waals surface area contributed by atoms with Gasteiger partial charge in [0.05, 0.1) is 5.56 Å². The molecule has 0 saturated carbocycles. The molecule has 1 saturated heterocycles. The van der Waals surface area contributed by atoms with Gasteiger partial charge in [-0.05, 0) is 18.4 Å². The number of amides is 3. The predicted octanol–water partition coefficient (Wildman–Crippen LogP) is 0.799. The minimum absolute atomic E-state index is 0.0486. The van der Waals surface area contributed by atoms with Crippen LogP contribution in [0.4, 0.5) is 9.80 Å². The molecule has 0 aromatic carbocycles. The average molecular weight is 283 g/mol. The number of aromatic carboxylic acids is 1. The number of thiophene rings is 1. The van der Waals surface area contributed by atoms with Crippen LogP contribution in [0.3, 0.4) is 0 Å². The number of nitrogens with zero attached hydrogens (tertiary/aromatic N) is 1. The fourth-order valence-corrected chi connectivity index (χ4v) is 2.57. The molecule has 1 aliphatic rings. The second-order valence-corrected chi connectivity index (χ2v) is 4.98. The highest BCUT2D eigenvalue weighted by atomic mass is 32.1. The Morgan fingerprint density at radius 3 is 3.00 bits per heavy atom. The van der Waals surface area contributed by atoms with Crippen LogP contribution in [0, 0.1) is 0 Å². The second-order valence-electron chi connectivity index (χ2n) is 4.06. The summed E-state index contributed by atoms with van der Waals surface area (Å²) >= 11 is 1.13. The number of hydrogen-bond donors (Lipinski definition) is 3. The number of carboxylic acids is 1. The number of nitrogens with one attached hydrogen (secondary N) is 2. The molecule has 0 bridgehead atoms. The summed E-state index contributed by atoms with van der Waals surface area (Å²) in [5, 5.41) is 16.0. The van der Waals surface area contributed by atoms with Crippen LogP contribution in [-0.4, -0.2) is 47.0 Å². The Balaban J connectivity index is 2.10. The first-order valence-electron chi connectivity index (χ1n) is 5.67. The highest BCUT2D eigenvalue weighted by Crippen LogP contribution is 2.23. The summed E-state index contributed by atoms with van der Waals surface area (Å²) in [4.78, 5) is 35.8. The standard InChI is InChI=1S/C11H13N3O4S/c1-6-8(15)12-3-4-14(6)11(18)13-9-7(10(16)17)2-5-19-9/h2,5-6H,3-4H2,1H3,(H,12,15)(H,13,18)(H,16,17). The molecule has 0 radical (unpaired) electrons. The predicted molar refractivity (Wildman–Crippen MR) is 69.5 cm³/mol. The molecule has 19 heavy (non-hydrogen) atoms. The van der Waals surface area contributed by atoms with Gasteiger partial charge in [-0.15, -0.1) is 11.3 Å². The SMILES string of the molecule is CC1C(=O)NCCN1C(=O)Nc1sccc1C(=O)O. The van der Waals surface area contributed by atoms with Crippen LogP contribution in [0.25, 0.3) is 0 Å². The molecule has 1 aromatic rings. The molecule has 1 unspecified atom stereocenters. The maximum absolute atomic E-state index is 12.0. The van der Waals surface area contributed by atoms with Crippen molar-refractivity contribution in [3.63, 3.8) is 0 Å². The third-order valence-electron chi connectivity index (χ3n) is 2.88. The van der Waals surface area contributed by atoms with E-state index >= 15 is 0 Å². The molecule has 0 aliphatic carbocycles. The van der Waals surface area contributed by atoms with Gasteiger partial charge in [0.15, 0.2) is 0 Å². The summed E-state index contributed by atoms with van der Waals surface area (Å²) in [5.74, 6) is -1.31. The smallest absolute Gasteiger partial charge is 0.338 e. The third-order valence-corrected chi connectivity index (χ3v) is 3.71. The van der Waals surface area contributed by atoms with Crippen LogP contribution >= 0.6 is 11.3 Å². The van der Waals surface area contributed by atoms with E-state index in [9.17, 15) is 14.4 Å². The van der Waals surface area contributed by atoms with Gasteiger partial charge in [0.1, 0.15) is 11.0 Å². The van der Waals surface area contributed by atoms with Crippen LogP contribution in [0.2, 0.25) is 0 Å². The van der Waals surface area contributed by atoms with Crippen molar-refractivity contribution < 1.29 is 19.5 Å². The zero-order chi connectivity index (χ0) is 14.0. The number of carboxylic acid groups (broad SMARTS) is 1. The summed E-state index contributed by atoms with van der Waals surface area (Å²) in [5.41, 5.74) is 0.0486. The molecule has 0 spiro atoms. The lowest BCUT2D eigenvalue weighted by molar-refractivity contribution is -0.126. The van der Waals surface area contributed by atoms with E-state index in [-0.39, 0.29) is 16.5 Å². The molecule has 3 N–H and O–H groups in total. The van der Waals surface area contributed by atoms with E-state index in [1.54, 1.807) is 12.3 Å². The Labute approximate surface area is 113 Å². The highest BCUT2D eigenvalue weighted by molar-refractivity contribution is 7.14. The number of hydrogen-bond acceptors (Lipinski definition) is 4. The monoisotopic (exact) mass is 283 g/mol. The van der Waals surface area contributed by atoms with Crippen molar-refractivity contribution in [3.8, 4) is 0 Å². The maximum atomic E-state index is 12.0. The fraction of sp³-hybridized carbons (Fsp3) is 0.364. The number of piperazine rings is 1. The lowest BCUT2D eigenvalue weighted by Gasteiger charge is -2.32. The van der Waals surface area contributed by atoms with Gasteiger partial charge >= 0.3 is 12.0 Å². The van der Waals surface area contributed by atoms with E-state index in [0.29, 0.717) is 13.1 Å². The quantitative estimate of drug-likeness (QED) is 0.747. The first kappa shape index (κ1) is 13.3. The zero-order valence-electron chi connectivity index (χ0n) is 10.2. The van der Waals surface area contributed by atoms with Crippen molar-refractivity contribution >= 4 is 34.2 Å². The second kappa shape index (κ2) is 5.27. The summed E-state index contributed by atoms with van der Waals surface area (Å²) in [6, 6.07) is 0.392. The van der Waals surface area contributed by atoms with Crippen LogP contribution in [0.1, 0.15) is 17.3 Å². The van der Waals surface area contributed by atoms with E-state index in [4.69, 9.17) is 5.11 Å². The molecule has 102 valence electrons. The summed E-state index contributed by atoms with van der Waals surface area (Å²) < 4.78 is 0. The Bertz CT molecular complexity index is 528. The normalized spacial score (nSPS) is 18.9. The Morgan fingerprint density at radius 1 is 1.58 bits per heavy atom. The van der Waals surface area contributed by atoms with Gasteiger partial charge in [0.2, 0.25) is 5.91 Å². The van der Waals surface area contributed by atoms with E-state index in [0.717, 1.165) is 11.3 Å². The van der Waals surface area contributed by atoms with Crippen LogP contribution in [0.15, 0.2) is 11.4 Å².